The maximum Gasteiger partial charge on any atom is 0.111 e. The van der Waals surface area contributed by atoms with E-state index in [0.29, 0.717) is 59.5 Å². The maximum absolute atomic E-state index is 8.51. The minimum atomic E-state index is 0.0392. The molecule has 1 aromatic carbocycles. The second-order valence-corrected chi connectivity index (χ2v) is 4.76. The van der Waals surface area contributed by atoms with Crippen molar-refractivity contribution in [3.63, 3.8) is 0 Å². The van der Waals surface area contributed by atoms with Gasteiger partial charge in [0.05, 0.1) is 65.7 Å². The Morgan fingerprint density at radius 2 is 1.17 bits per heavy atom. The van der Waals surface area contributed by atoms with Gasteiger partial charge in [0.2, 0.25) is 0 Å². The van der Waals surface area contributed by atoms with Crippen LogP contribution in [0.5, 0.6) is 0 Å². The third-order valence-electron chi connectivity index (χ3n) is 2.85. The van der Waals surface area contributed by atoms with Crippen molar-refractivity contribution in [2.45, 2.75) is 0 Å². The highest BCUT2D eigenvalue weighted by Crippen LogP contribution is 2.00. The standard InChI is InChI=1S/C18H28O6/c19-7-9-21-11-13-23-15-17-24-16-14-22-12-10-20-8-6-18-4-2-1-3-5-18/h1-6,8,19H,7,9-17H2. The first-order chi connectivity index (χ1) is 11.9. The maximum atomic E-state index is 8.51. The van der Waals surface area contributed by atoms with Crippen LogP contribution in [0.25, 0.3) is 6.08 Å². The second-order valence-electron chi connectivity index (χ2n) is 4.76. The van der Waals surface area contributed by atoms with Gasteiger partial charge in [0.1, 0.15) is 6.61 Å². The molecular weight excluding hydrogens is 312 g/mol. The molecule has 1 N–H and O–H groups in total. The van der Waals surface area contributed by atoms with Crippen molar-refractivity contribution in [3.05, 3.63) is 42.2 Å². The molecule has 0 saturated carbocycles. The van der Waals surface area contributed by atoms with Crippen LogP contribution in [0.3, 0.4) is 0 Å². The van der Waals surface area contributed by atoms with Crippen LogP contribution in [-0.2, 0) is 23.7 Å². The second kappa shape index (κ2) is 16.4. The molecule has 0 bridgehead atoms. The van der Waals surface area contributed by atoms with Gasteiger partial charge in [-0.2, -0.15) is 0 Å². The average molecular weight is 340 g/mol. The predicted octanol–water partition coefficient (Wildman–Crippen LogP) is 1.73. The summed E-state index contributed by atoms with van der Waals surface area (Å²) in [5, 5.41) is 8.51. The summed E-state index contributed by atoms with van der Waals surface area (Å²) in [6.45, 7) is 4.54. The fourth-order valence-electron chi connectivity index (χ4n) is 1.69. The van der Waals surface area contributed by atoms with E-state index in [4.69, 9.17) is 28.8 Å². The summed E-state index contributed by atoms with van der Waals surface area (Å²) >= 11 is 0. The lowest BCUT2D eigenvalue weighted by molar-refractivity contribution is -0.00905. The Morgan fingerprint density at radius 1 is 0.667 bits per heavy atom. The summed E-state index contributed by atoms with van der Waals surface area (Å²) < 4.78 is 26.4. The SMILES string of the molecule is OCCOCCOCCOCCOCCOC=Cc1ccccc1. The Labute approximate surface area is 143 Å². The third kappa shape index (κ3) is 13.0. The molecule has 1 aromatic rings. The van der Waals surface area contributed by atoms with Crippen molar-refractivity contribution in [2.75, 3.05) is 66.1 Å². The molecule has 6 heteroatoms. The first-order valence-corrected chi connectivity index (χ1v) is 8.18. The van der Waals surface area contributed by atoms with E-state index in [-0.39, 0.29) is 6.61 Å². The van der Waals surface area contributed by atoms with Gasteiger partial charge in [-0.25, -0.2) is 0 Å². The molecule has 0 heterocycles. The normalized spacial score (nSPS) is 11.2. The highest BCUT2D eigenvalue weighted by Gasteiger charge is 1.92. The fraction of sp³-hybridized carbons (Fsp3) is 0.556. The molecule has 0 aromatic heterocycles. The molecule has 0 radical (unpaired) electrons. The Hall–Kier alpha value is -1.44. The van der Waals surface area contributed by atoms with Crippen molar-refractivity contribution in [3.8, 4) is 0 Å². The zero-order valence-corrected chi connectivity index (χ0v) is 14.1. The Bertz CT molecular complexity index is 396. The molecule has 24 heavy (non-hydrogen) atoms. The third-order valence-corrected chi connectivity index (χ3v) is 2.85. The molecule has 0 aliphatic rings. The predicted molar refractivity (Wildman–Crippen MR) is 91.8 cm³/mol. The molecule has 0 spiro atoms. The molecule has 136 valence electrons. The summed E-state index contributed by atoms with van der Waals surface area (Å²) in [5.41, 5.74) is 1.11. The van der Waals surface area contributed by atoms with E-state index in [9.17, 15) is 0 Å². The van der Waals surface area contributed by atoms with E-state index >= 15 is 0 Å². The molecule has 0 unspecified atom stereocenters. The van der Waals surface area contributed by atoms with E-state index in [0.717, 1.165) is 5.56 Å². The highest BCUT2D eigenvalue weighted by atomic mass is 16.6. The van der Waals surface area contributed by atoms with E-state index in [1.54, 1.807) is 6.26 Å². The molecule has 0 fully saturated rings. The minimum absolute atomic E-state index is 0.0392. The number of aliphatic hydroxyl groups is 1. The first kappa shape index (κ1) is 20.6. The van der Waals surface area contributed by atoms with Crippen LogP contribution in [0, 0.1) is 0 Å². The van der Waals surface area contributed by atoms with Gasteiger partial charge in [0, 0.05) is 0 Å². The smallest absolute Gasteiger partial charge is 0.111 e. The minimum Gasteiger partial charge on any atom is -0.499 e. The van der Waals surface area contributed by atoms with Gasteiger partial charge in [0.25, 0.3) is 0 Å². The topological polar surface area (TPSA) is 66.4 Å². The molecule has 6 nitrogen and oxygen atoms in total. The molecule has 0 atom stereocenters. The van der Waals surface area contributed by atoms with Gasteiger partial charge in [-0.1, -0.05) is 30.3 Å². The number of benzene rings is 1. The van der Waals surface area contributed by atoms with Crippen molar-refractivity contribution in [2.24, 2.45) is 0 Å². The van der Waals surface area contributed by atoms with Gasteiger partial charge < -0.3 is 28.8 Å². The Morgan fingerprint density at radius 3 is 1.71 bits per heavy atom. The molecule has 0 aliphatic heterocycles. The van der Waals surface area contributed by atoms with Crippen molar-refractivity contribution >= 4 is 6.08 Å². The summed E-state index contributed by atoms with van der Waals surface area (Å²) in [6, 6.07) is 9.98. The number of hydrogen-bond donors (Lipinski definition) is 1. The Balaban J connectivity index is 1.75. The first-order valence-electron chi connectivity index (χ1n) is 8.18. The zero-order chi connectivity index (χ0) is 17.1. The number of rotatable bonds is 16. The lowest BCUT2D eigenvalue weighted by Crippen LogP contribution is -2.13. The van der Waals surface area contributed by atoms with Gasteiger partial charge in [-0.05, 0) is 11.6 Å². The lowest BCUT2D eigenvalue weighted by atomic mass is 10.2. The van der Waals surface area contributed by atoms with Gasteiger partial charge in [0.15, 0.2) is 0 Å². The number of ether oxygens (including phenoxy) is 5. The largest absolute Gasteiger partial charge is 0.499 e. The van der Waals surface area contributed by atoms with Gasteiger partial charge in [-0.15, -0.1) is 0 Å². The van der Waals surface area contributed by atoms with E-state index in [2.05, 4.69) is 0 Å². The van der Waals surface area contributed by atoms with Crippen molar-refractivity contribution in [1.82, 2.24) is 0 Å². The monoisotopic (exact) mass is 340 g/mol. The quantitative estimate of drug-likeness (QED) is 0.365. The van der Waals surface area contributed by atoms with Crippen LogP contribution in [0.2, 0.25) is 0 Å². The van der Waals surface area contributed by atoms with Crippen LogP contribution < -0.4 is 0 Å². The van der Waals surface area contributed by atoms with Crippen LogP contribution in [0.15, 0.2) is 36.6 Å². The Kier molecular flexibility index (Phi) is 14.1. The van der Waals surface area contributed by atoms with E-state index < -0.39 is 0 Å². The van der Waals surface area contributed by atoms with E-state index in [1.165, 1.54) is 0 Å². The molecule has 0 amide bonds. The van der Waals surface area contributed by atoms with Crippen LogP contribution in [0.4, 0.5) is 0 Å². The number of hydrogen-bond acceptors (Lipinski definition) is 6. The van der Waals surface area contributed by atoms with Crippen molar-refractivity contribution < 1.29 is 28.8 Å². The molecular formula is C18H28O6. The van der Waals surface area contributed by atoms with Crippen molar-refractivity contribution in [1.29, 1.82) is 0 Å². The van der Waals surface area contributed by atoms with Gasteiger partial charge in [-0.3, -0.25) is 0 Å². The molecule has 0 saturated heterocycles. The fourth-order valence-corrected chi connectivity index (χ4v) is 1.69. The van der Waals surface area contributed by atoms with E-state index in [1.807, 2.05) is 36.4 Å². The highest BCUT2D eigenvalue weighted by molar-refractivity contribution is 5.47. The average Bonchev–Trinajstić information content (AvgIpc) is 2.62. The summed E-state index contributed by atoms with van der Waals surface area (Å²) in [7, 11) is 0. The molecule has 0 aliphatic carbocycles. The molecule has 1 rings (SSSR count). The zero-order valence-electron chi connectivity index (χ0n) is 14.1. The van der Waals surface area contributed by atoms with Crippen LogP contribution in [0.1, 0.15) is 5.56 Å². The lowest BCUT2D eigenvalue weighted by Gasteiger charge is -2.07. The van der Waals surface area contributed by atoms with Gasteiger partial charge >= 0.3 is 0 Å². The van der Waals surface area contributed by atoms with Crippen LogP contribution >= 0.6 is 0 Å². The number of aliphatic hydroxyl groups excluding tert-OH is 1. The summed E-state index contributed by atoms with van der Waals surface area (Å²) in [5.74, 6) is 0. The summed E-state index contributed by atoms with van der Waals surface area (Å²) in [6.07, 6.45) is 3.59. The van der Waals surface area contributed by atoms with Crippen LogP contribution in [-0.4, -0.2) is 71.2 Å². The summed E-state index contributed by atoms with van der Waals surface area (Å²) in [4.78, 5) is 0.